The van der Waals surface area contributed by atoms with Gasteiger partial charge in [0.1, 0.15) is 28.2 Å². The average Bonchev–Trinajstić information content (AvgIpc) is 3.18. The van der Waals surface area contributed by atoms with Gasteiger partial charge in [-0.1, -0.05) is 55.9 Å². The van der Waals surface area contributed by atoms with Crippen LogP contribution in [-0.2, 0) is 9.67 Å². The van der Waals surface area contributed by atoms with Crippen molar-refractivity contribution >= 4 is 28.4 Å². The van der Waals surface area contributed by atoms with E-state index in [1.54, 1.807) is 13.8 Å². The topological polar surface area (TPSA) is 56.5 Å². The lowest BCUT2D eigenvalue weighted by atomic mass is 9.97. The summed E-state index contributed by atoms with van der Waals surface area (Å²) in [7, 11) is 0. The molecule has 0 bridgehead atoms. The first kappa shape index (κ1) is 24.0. The molecule has 1 atom stereocenters. The molecule has 8 heteroatoms. The lowest BCUT2D eigenvalue weighted by molar-refractivity contribution is -0.138. The third kappa shape index (κ3) is 5.06. The molecule has 2 aromatic carbocycles. The molecule has 0 fully saturated rings. The third-order valence-electron chi connectivity index (χ3n) is 5.29. The quantitative estimate of drug-likeness (QED) is 0.354. The molecule has 170 valence electrons. The number of hydrogen-bond donors (Lipinski definition) is 1. The number of alkyl halides is 1. The lowest BCUT2D eigenvalue weighted by Crippen LogP contribution is -2.43. The normalized spacial score (nSPS) is 18.2. The fraction of sp³-hybridized carbons (Fsp3) is 0.375. The van der Waals surface area contributed by atoms with Crippen molar-refractivity contribution in [3.05, 3.63) is 71.3 Å². The zero-order valence-electron chi connectivity index (χ0n) is 18.1. The van der Waals surface area contributed by atoms with Gasteiger partial charge in [0.05, 0.1) is 0 Å². The van der Waals surface area contributed by atoms with Crippen LogP contribution < -0.4 is 0 Å². The van der Waals surface area contributed by atoms with Crippen LogP contribution in [0.15, 0.2) is 53.6 Å². The van der Waals surface area contributed by atoms with Crippen LogP contribution in [-0.4, -0.2) is 28.3 Å². The van der Waals surface area contributed by atoms with Gasteiger partial charge in [0, 0.05) is 17.2 Å². The molecule has 1 amide bonds. The largest absolute Gasteiger partial charge is 0.307 e. The molecule has 3 rings (SSSR count). The molecule has 4 nitrogen and oxygen atoms in total. The van der Waals surface area contributed by atoms with E-state index in [2.05, 4.69) is 5.10 Å². The zero-order valence-corrected chi connectivity index (χ0v) is 18.9. The number of thioether (sulfide) groups is 1. The highest BCUT2D eigenvalue weighted by Crippen LogP contribution is 2.51. The number of carbonyl (C=O) groups excluding carboxylic acids is 1. The standard InChI is InChI=1S/C24H26F3N3OS/c1-16(2)23(31)30-24(17-8-4-3-5-9-17,13-7-6-10-19(28)15-25)32-22(29-30)20-14-18(26)11-12-21(20)27/h3-5,8-9,11-12,14,16,28H,6-7,10,13,15H2,1-2H3/t24-/m0/s1. The third-order valence-corrected chi connectivity index (χ3v) is 6.74. The van der Waals surface area contributed by atoms with E-state index in [0.29, 0.717) is 25.7 Å². The van der Waals surface area contributed by atoms with Gasteiger partial charge in [-0.2, -0.15) is 5.10 Å². The number of nitrogens with zero attached hydrogens (tertiary/aromatic N) is 2. The molecule has 0 aromatic heterocycles. The predicted octanol–water partition coefficient (Wildman–Crippen LogP) is 6.26. The summed E-state index contributed by atoms with van der Waals surface area (Å²) in [6.07, 6.45) is 1.96. The second kappa shape index (κ2) is 10.3. The van der Waals surface area contributed by atoms with Crippen molar-refractivity contribution in [2.45, 2.75) is 44.4 Å². The van der Waals surface area contributed by atoms with E-state index < -0.39 is 23.2 Å². The number of hydrogen-bond acceptors (Lipinski definition) is 4. The maximum atomic E-state index is 14.6. The Morgan fingerprint density at radius 2 is 1.88 bits per heavy atom. The van der Waals surface area contributed by atoms with Gasteiger partial charge >= 0.3 is 0 Å². The Morgan fingerprint density at radius 1 is 1.16 bits per heavy atom. The number of rotatable bonds is 9. The molecule has 0 aliphatic carbocycles. The summed E-state index contributed by atoms with van der Waals surface area (Å²) in [5.74, 6) is -1.80. The number of nitrogens with one attached hydrogen (secondary N) is 1. The summed E-state index contributed by atoms with van der Waals surface area (Å²) in [6, 6.07) is 12.5. The Labute approximate surface area is 190 Å². The van der Waals surface area contributed by atoms with Crippen LogP contribution >= 0.6 is 11.8 Å². The highest BCUT2D eigenvalue weighted by atomic mass is 32.2. The van der Waals surface area contributed by atoms with E-state index in [1.165, 1.54) is 16.8 Å². The molecule has 1 N–H and O–H groups in total. The van der Waals surface area contributed by atoms with Gasteiger partial charge in [0.15, 0.2) is 0 Å². The fourth-order valence-electron chi connectivity index (χ4n) is 3.59. The smallest absolute Gasteiger partial charge is 0.246 e. The molecule has 2 aromatic rings. The fourth-order valence-corrected chi connectivity index (χ4v) is 5.01. The summed E-state index contributed by atoms with van der Waals surface area (Å²) in [5.41, 5.74) is 0.857. The molecule has 0 saturated carbocycles. The Hall–Kier alpha value is -2.61. The monoisotopic (exact) mass is 461 g/mol. The van der Waals surface area contributed by atoms with Crippen LogP contribution in [0.25, 0.3) is 0 Å². The summed E-state index contributed by atoms with van der Waals surface area (Å²) in [5, 5.41) is 13.7. The molecule has 0 radical (unpaired) electrons. The average molecular weight is 462 g/mol. The van der Waals surface area contributed by atoms with Crippen molar-refractivity contribution in [1.82, 2.24) is 5.01 Å². The van der Waals surface area contributed by atoms with E-state index in [-0.39, 0.29) is 28.1 Å². The highest BCUT2D eigenvalue weighted by Gasteiger charge is 2.49. The lowest BCUT2D eigenvalue weighted by Gasteiger charge is -2.37. The van der Waals surface area contributed by atoms with Gasteiger partial charge in [0.25, 0.3) is 0 Å². The molecule has 1 heterocycles. The molecule has 0 unspecified atom stereocenters. The van der Waals surface area contributed by atoms with Crippen LogP contribution in [0, 0.1) is 23.0 Å². The van der Waals surface area contributed by atoms with Gasteiger partial charge in [-0.05, 0) is 49.4 Å². The summed E-state index contributed by atoms with van der Waals surface area (Å²) >= 11 is 1.23. The Bertz CT molecular complexity index is 1010. The van der Waals surface area contributed by atoms with Gasteiger partial charge in [-0.3, -0.25) is 4.79 Å². The Balaban J connectivity index is 2.03. The zero-order chi connectivity index (χ0) is 23.3. The Morgan fingerprint density at radius 3 is 2.53 bits per heavy atom. The van der Waals surface area contributed by atoms with Crippen molar-refractivity contribution in [2.75, 3.05) is 6.67 Å². The molecular formula is C24H26F3N3OS. The molecule has 0 saturated heterocycles. The SMILES string of the molecule is CC(C)C(=O)N1N=C(c2cc(F)ccc2F)S[C@@]1(CCCCC(=N)CF)c1ccccc1. The minimum absolute atomic E-state index is 0.00793. The molecule has 0 spiro atoms. The second-order valence-electron chi connectivity index (χ2n) is 8.03. The minimum Gasteiger partial charge on any atom is -0.307 e. The highest BCUT2D eigenvalue weighted by molar-refractivity contribution is 8.15. The van der Waals surface area contributed by atoms with E-state index in [1.807, 2.05) is 30.3 Å². The van der Waals surface area contributed by atoms with Gasteiger partial charge < -0.3 is 5.41 Å². The van der Waals surface area contributed by atoms with Crippen molar-refractivity contribution in [2.24, 2.45) is 11.0 Å². The maximum absolute atomic E-state index is 14.6. The molecule has 32 heavy (non-hydrogen) atoms. The van der Waals surface area contributed by atoms with E-state index in [0.717, 1.165) is 23.8 Å². The van der Waals surface area contributed by atoms with Crippen LogP contribution in [0.4, 0.5) is 13.2 Å². The van der Waals surface area contributed by atoms with Crippen LogP contribution in [0.5, 0.6) is 0 Å². The van der Waals surface area contributed by atoms with Gasteiger partial charge in [0.2, 0.25) is 5.91 Å². The predicted molar refractivity (Wildman–Crippen MR) is 122 cm³/mol. The molecule has 1 aliphatic heterocycles. The summed E-state index contributed by atoms with van der Waals surface area (Å²) in [6.45, 7) is 2.76. The number of unbranched alkanes of at least 4 members (excludes halogenated alkanes) is 1. The first-order valence-electron chi connectivity index (χ1n) is 10.5. The number of halogens is 3. The number of benzene rings is 2. The second-order valence-corrected chi connectivity index (χ2v) is 9.30. The van der Waals surface area contributed by atoms with Crippen LogP contribution in [0.2, 0.25) is 0 Å². The van der Waals surface area contributed by atoms with Gasteiger partial charge in [-0.25, -0.2) is 18.2 Å². The van der Waals surface area contributed by atoms with E-state index in [9.17, 15) is 18.0 Å². The van der Waals surface area contributed by atoms with Crippen LogP contribution in [0.3, 0.4) is 0 Å². The van der Waals surface area contributed by atoms with Gasteiger partial charge in [-0.15, -0.1) is 0 Å². The van der Waals surface area contributed by atoms with Crippen molar-refractivity contribution < 1.29 is 18.0 Å². The number of carbonyl (C=O) groups is 1. The molecular weight excluding hydrogens is 435 g/mol. The first-order chi connectivity index (χ1) is 15.3. The summed E-state index contributed by atoms with van der Waals surface area (Å²) in [4.78, 5) is 12.3. The number of hydrazone groups is 1. The van der Waals surface area contributed by atoms with E-state index >= 15 is 0 Å². The minimum atomic E-state index is -0.950. The molecule has 1 aliphatic rings. The van der Waals surface area contributed by atoms with Crippen molar-refractivity contribution in [3.8, 4) is 0 Å². The first-order valence-corrected chi connectivity index (χ1v) is 11.3. The summed E-state index contributed by atoms with van der Waals surface area (Å²) < 4.78 is 41.1. The van der Waals surface area contributed by atoms with Crippen LogP contribution in [0.1, 0.15) is 50.7 Å². The number of amides is 1. The maximum Gasteiger partial charge on any atom is 0.246 e. The van der Waals surface area contributed by atoms with E-state index in [4.69, 9.17) is 5.41 Å². The van der Waals surface area contributed by atoms with Crippen molar-refractivity contribution in [1.29, 1.82) is 5.41 Å². The Kier molecular flexibility index (Phi) is 7.77. The van der Waals surface area contributed by atoms with Crippen molar-refractivity contribution in [3.63, 3.8) is 0 Å².